The molecule has 0 aliphatic carbocycles. The number of hydrogen-bond donors (Lipinski definition) is 2. The number of hydrogen-bond acceptors (Lipinski definition) is 2. The molecule has 1 heterocycles. The van der Waals surface area contributed by atoms with Gasteiger partial charge in [0, 0.05) is 6.54 Å². The van der Waals surface area contributed by atoms with Crippen LogP contribution in [0.25, 0.3) is 0 Å². The first-order valence-electron chi connectivity index (χ1n) is 4.29. The van der Waals surface area contributed by atoms with E-state index >= 15 is 0 Å². The second kappa shape index (κ2) is 4.54. The fourth-order valence-corrected chi connectivity index (χ4v) is 0.971. The van der Waals surface area contributed by atoms with Crippen molar-refractivity contribution in [3.8, 4) is 0 Å². The Morgan fingerprint density at radius 1 is 1.46 bits per heavy atom. The number of carbonyl (C=O) groups excluding carboxylic acids is 1. The highest BCUT2D eigenvalue weighted by Crippen LogP contribution is 2.04. The molecule has 0 saturated heterocycles. The van der Waals surface area contributed by atoms with Gasteiger partial charge in [-0.15, -0.1) is 0 Å². The van der Waals surface area contributed by atoms with Gasteiger partial charge in [0.2, 0.25) is 0 Å². The Hall–Kier alpha value is -1.45. The molecule has 0 aliphatic heterocycles. The second-order valence-electron chi connectivity index (χ2n) is 2.73. The molecule has 1 aromatic heterocycles. The zero-order valence-corrected chi connectivity index (χ0v) is 7.89. The first-order chi connectivity index (χ1) is 6.22. The second-order valence-corrected chi connectivity index (χ2v) is 2.73. The van der Waals surface area contributed by atoms with E-state index < -0.39 is 0 Å². The van der Waals surface area contributed by atoms with E-state index in [1.165, 1.54) is 0 Å². The Labute approximate surface area is 77.3 Å². The van der Waals surface area contributed by atoms with E-state index in [-0.39, 0.29) is 6.03 Å². The first-order valence-corrected chi connectivity index (χ1v) is 4.29. The molecule has 0 atom stereocenters. The topological polar surface area (TPSA) is 54.3 Å². The standard InChI is InChI=1S/C9H14N2O2/c1-3-10-9(12)11-6-8-5-4-7(2)13-8/h4-5H,3,6H2,1-2H3,(H2,10,11,12). The third kappa shape index (κ3) is 3.19. The molecular weight excluding hydrogens is 168 g/mol. The van der Waals surface area contributed by atoms with Gasteiger partial charge in [-0.05, 0) is 26.0 Å². The van der Waals surface area contributed by atoms with Gasteiger partial charge in [-0.3, -0.25) is 0 Å². The highest BCUT2D eigenvalue weighted by atomic mass is 16.3. The summed E-state index contributed by atoms with van der Waals surface area (Å²) in [7, 11) is 0. The summed E-state index contributed by atoms with van der Waals surface area (Å²) in [5.41, 5.74) is 0. The van der Waals surface area contributed by atoms with E-state index in [0.29, 0.717) is 13.1 Å². The predicted molar refractivity (Wildman–Crippen MR) is 49.4 cm³/mol. The largest absolute Gasteiger partial charge is 0.465 e. The predicted octanol–water partition coefficient (Wildman–Crippen LogP) is 1.41. The number of furan rings is 1. The van der Waals surface area contributed by atoms with Crippen LogP contribution in [0.2, 0.25) is 0 Å². The van der Waals surface area contributed by atoms with Crippen LogP contribution in [0.4, 0.5) is 4.79 Å². The highest BCUT2D eigenvalue weighted by molar-refractivity contribution is 5.73. The molecule has 2 amide bonds. The maximum atomic E-state index is 11.0. The van der Waals surface area contributed by atoms with E-state index in [1.807, 2.05) is 26.0 Å². The number of rotatable bonds is 3. The molecule has 72 valence electrons. The number of aryl methyl sites for hydroxylation is 1. The van der Waals surface area contributed by atoms with Crippen LogP contribution in [0, 0.1) is 6.92 Å². The van der Waals surface area contributed by atoms with Crippen LogP contribution in [0.5, 0.6) is 0 Å². The van der Waals surface area contributed by atoms with Crippen molar-refractivity contribution in [2.75, 3.05) is 6.54 Å². The van der Waals surface area contributed by atoms with E-state index in [4.69, 9.17) is 4.42 Å². The fraction of sp³-hybridized carbons (Fsp3) is 0.444. The van der Waals surface area contributed by atoms with Gasteiger partial charge in [0.15, 0.2) is 0 Å². The lowest BCUT2D eigenvalue weighted by atomic mass is 10.4. The summed E-state index contributed by atoms with van der Waals surface area (Å²) >= 11 is 0. The molecule has 0 unspecified atom stereocenters. The molecule has 4 heteroatoms. The minimum atomic E-state index is -0.170. The Balaban J connectivity index is 2.30. The smallest absolute Gasteiger partial charge is 0.315 e. The van der Waals surface area contributed by atoms with E-state index in [9.17, 15) is 4.79 Å². The molecule has 0 aliphatic rings. The summed E-state index contributed by atoms with van der Waals surface area (Å²) in [6, 6.07) is 3.55. The van der Waals surface area contributed by atoms with Gasteiger partial charge in [-0.25, -0.2) is 4.79 Å². The van der Waals surface area contributed by atoms with Gasteiger partial charge in [0.1, 0.15) is 11.5 Å². The van der Waals surface area contributed by atoms with Crippen LogP contribution in [-0.2, 0) is 6.54 Å². The molecule has 0 radical (unpaired) electrons. The van der Waals surface area contributed by atoms with Gasteiger partial charge >= 0.3 is 6.03 Å². The van der Waals surface area contributed by atoms with Crippen LogP contribution in [0.15, 0.2) is 16.5 Å². The van der Waals surface area contributed by atoms with Gasteiger partial charge in [0.05, 0.1) is 6.54 Å². The van der Waals surface area contributed by atoms with Gasteiger partial charge in [0.25, 0.3) is 0 Å². The summed E-state index contributed by atoms with van der Waals surface area (Å²) < 4.78 is 5.27. The molecular formula is C9H14N2O2. The lowest BCUT2D eigenvalue weighted by Crippen LogP contribution is -2.34. The Morgan fingerprint density at radius 2 is 2.23 bits per heavy atom. The molecule has 0 fully saturated rings. The van der Waals surface area contributed by atoms with Crippen LogP contribution in [-0.4, -0.2) is 12.6 Å². The quantitative estimate of drug-likeness (QED) is 0.742. The minimum absolute atomic E-state index is 0.170. The number of carbonyl (C=O) groups is 1. The average molecular weight is 182 g/mol. The summed E-state index contributed by atoms with van der Waals surface area (Å²) in [6.07, 6.45) is 0. The fourth-order valence-electron chi connectivity index (χ4n) is 0.971. The van der Waals surface area contributed by atoms with Gasteiger partial charge < -0.3 is 15.1 Å². The molecule has 1 aromatic rings. The SMILES string of the molecule is CCNC(=O)NCc1ccc(C)o1. The zero-order chi connectivity index (χ0) is 9.68. The van der Waals surface area contributed by atoms with Gasteiger partial charge in [-0.1, -0.05) is 0 Å². The third-order valence-corrected chi connectivity index (χ3v) is 1.56. The van der Waals surface area contributed by atoms with Crippen molar-refractivity contribution in [1.29, 1.82) is 0 Å². The monoisotopic (exact) mass is 182 g/mol. The number of urea groups is 1. The van der Waals surface area contributed by atoms with Crippen molar-refractivity contribution < 1.29 is 9.21 Å². The zero-order valence-electron chi connectivity index (χ0n) is 7.89. The van der Waals surface area contributed by atoms with Crippen molar-refractivity contribution >= 4 is 6.03 Å². The summed E-state index contributed by atoms with van der Waals surface area (Å²) in [5.74, 6) is 1.62. The van der Waals surface area contributed by atoms with Crippen molar-refractivity contribution in [1.82, 2.24) is 10.6 Å². The molecule has 2 N–H and O–H groups in total. The summed E-state index contributed by atoms with van der Waals surface area (Å²) in [5, 5.41) is 5.30. The maximum absolute atomic E-state index is 11.0. The maximum Gasteiger partial charge on any atom is 0.315 e. The minimum Gasteiger partial charge on any atom is -0.465 e. The van der Waals surface area contributed by atoms with E-state index in [0.717, 1.165) is 11.5 Å². The first kappa shape index (κ1) is 9.64. The lowest BCUT2D eigenvalue weighted by molar-refractivity contribution is 0.240. The molecule has 0 aromatic carbocycles. The van der Waals surface area contributed by atoms with Crippen LogP contribution < -0.4 is 10.6 Å². The molecule has 0 saturated carbocycles. The van der Waals surface area contributed by atoms with Crippen LogP contribution in [0.3, 0.4) is 0 Å². The lowest BCUT2D eigenvalue weighted by Gasteiger charge is -2.02. The van der Waals surface area contributed by atoms with E-state index in [2.05, 4.69) is 10.6 Å². The Bertz CT molecular complexity index is 281. The Kier molecular flexibility index (Phi) is 3.37. The third-order valence-electron chi connectivity index (χ3n) is 1.56. The molecule has 0 spiro atoms. The Morgan fingerprint density at radius 3 is 2.77 bits per heavy atom. The summed E-state index contributed by atoms with van der Waals surface area (Å²) in [4.78, 5) is 11.0. The van der Waals surface area contributed by atoms with Crippen LogP contribution in [0.1, 0.15) is 18.4 Å². The van der Waals surface area contributed by atoms with Crippen molar-refractivity contribution in [3.05, 3.63) is 23.7 Å². The van der Waals surface area contributed by atoms with Gasteiger partial charge in [-0.2, -0.15) is 0 Å². The van der Waals surface area contributed by atoms with Crippen molar-refractivity contribution in [2.45, 2.75) is 20.4 Å². The number of nitrogens with one attached hydrogen (secondary N) is 2. The van der Waals surface area contributed by atoms with Crippen molar-refractivity contribution in [2.24, 2.45) is 0 Å². The molecule has 13 heavy (non-hydrogen) atoms. The highest BCUT2D eigenvalue weighted by Gasteiger charge is 2.00. The average Bonchev–Trinajstić information content (AvgIpc) is 2.49. The molecule has 1 rings (SSSR count). The van der Waals surface area contributed by atoms with E-state index in [1.54, 1.807) is 0 Å². The van der Waals surface area contributed by atoms with Crippen LogP contribution >= 0.6 is 0 Å². The summed E-state index contributed by atoms with van der Waals surface area (Å²) in [6.45, 7) is 4.80. The molecule has 4 nitrogen and oxygen atoms in total. The molecule has 0 bridgehead atoms. The van der Waals surface area contributed by atoms with Crippen molar-refractivity contribution in [3.63, 3.8) is 0 Å². The normalized spacial score (nSPS) is 9.69. The number of amides is 2.